The van der Waals surface area contributed by atoms with Gasteiger partial charge in [0.05, 0.1) is 0 Å². The van der Waals surface area contributed by atoms with Crippen LogP contribution < -0.4 is 10.6 Å². The summed E-state index contributed by atoms with van der Waals surface area (Å²) in [5.74, 6) is 0.0271. The van der Waals surface area contributed by atoms with E-state index in [0.717, 1.165) is 16.4 Å². The maximum Gasteiger partial charge on any atom is 0.267 e. The fourth-order valence-electron chi connectivity index (χ4n) is 2.94. The topological polar surface area (TPSA) is 56.9 Å². The normalized spacial score (nSPS) is 29.7. The predicted octanol–water partition coefficient (Wildman–Crippen LogP) is 2.05. The number of H-pyrrole nitrogens is 1. The standard InChI is InChI=1S/C12H16IN3O.ClH/c13-7-3-11(14-6-7)12(17)16-10-4-8-1-2-9(5-10)15-8;/h3,6,8-10,14-15H,1-2,4-5H2,(H,16,17);1H. The zero-order valence-corrected chi connectivity index (χ0v) is 12.9. The second kappa shape index (κ2) is 5.79. The van der Waals surface area contributed by atoms with Crippen LogP contribution >= 0.6 is 35.0 Å². The smallest absolute Gasteiger partial charge is 0.267 e. The van der Waals surface area contributed by atoms with Crippen LogP contribution in [0, 0.1) is 3.57 Å². The Kier molecular flexibility index (Phi) is 4.55. The Balaban J connectivity index is 0.00000120. The van der Waals surface area contributed by atoms with E-state index in [9.17, 15) is 4.79 Å². The number of aromatic nitrogens is 1. The van der Waals surface area contributed by atoms with E-state index in [1.807, 2.05) is 12.3 Å². The van der Waals surface area contributed by atoms with E-state index in [-0.39, 0.29) is 18.3 Å². The Morgan fingerprint density at radius 3 is 2.56 bits per heavy atom. The number of fused-ring (bicyclic) bond motifs is 2. The molecule has 3 rings (SSSR count). The molecule has 1 aromatic rings. The lowest BCUT2D eigenvalue weighted by Crippen LogP contribution is -2.48. The van der Waals surface area contributed by atoms with Crippen LogP contribution in [0.1, 0.15) is 36.2 Å². The van der Waals surface area contributed by atoms with Gasteiger partial charge >= 0.3 is 0 Å². The SMILES string of the molecule is Cl.O=C(NC1CC2CCC(C1)N2)c1cc(I)c[nH]1. The highest BCUT2D eigenvalue weighted by molar-refractivity contribution is 14.1. The summed E-state index contributed by atoms with van der Waals surface area (Å²) < 4.78 is 1.07. The lowest BCUT2D eigenvalue weighted by Gasteiger charge is -2.29. The Bertz CT molecular complexity index is 425. The van der Waals surface area contributed by atoms with Gasteiger partial charge in [-0.1, -0.05) is 0 Å². The first-order valence-electron chi connectivity index (χ1n) is 6.11. The highest BCUT2D eigenvalue weighted by Gasteiger charge is 2.34. The van der Waals surface area contributed by atoms with E-state index in [1.54, 1.807) is 0 Å². The molecule has 2 saturated heterocycles. The largest absolute Gasteiger partial charge is 0.356 e. The van der Waals surface area contributed by atoms with E-state index in [2.05, 4.69) is 38.2 Å². The molecule has 1 amide bonds. The molecule has 0 radical (unpaired) electrons. The molecular weight excluding hydrogens is 365 g/mol. The van der Waals surface area contributed by atoms with Crippen molar-refractivity contribution in [3.8, 4) is 0 Å². The van der Waals surface area contributed by atoms with Crippen molar-refractivity contribution >= 4 is 40.9 Å². The van der Waals surface area contributed by atoms with E-state index in [4.69, 9.17) is 0 Å². The van der Waals surface area contributed by atoms with Gasteiger partial charge in [0, 0.05) is 27.9 Å². The molecule has 4 nitrogen and oxygen atoms in total. The zero-order chi connectivity index (χ0) is 11.8. The minimum Gasteiger partial charge on any atom is -0.356 e. The third-order valence-corrected chi connectivity index (χ3v) is 4.32. The molecule has 2 aliphatic heterocycles. The molecule has 2 fully saturated rings. The van der Waals surface area contributed by atoms with Crippen LogP contribution in [0.4, 0.5) is 0 Å². The third kappa shape index (κ3) is 3.00. The minimum absolute atomic E-state index is 0. The molecule has 18 heavy (non-hydrogen) atoms. The quantitative estimate of drug-likeness (QED) is 0.687. The van der Waals surface area contributed by atoms with Crippen molar-refractivity contribution in [1.82, 2.24) is 15.6 Å². The summed E-state index contributed by atoms with van der Waals surface area (Å²) in [6, 6.07) is 3.44. The fourth-order valence-corrected chi connectivity index (χ4v) is 3.40. The van der Waals surface area contributed by atoms with Crippen molar-refractivity contribution in [3.63, 3.8) is 0 Å². The van der Waals surface area contributed by atoms with Crippen molar-refractivity contribution < 1.29 is 4.79 Å². The zero-order valence-electron chi connectivity index (χ0n) is 9.91. The van der Waals surface area contributed by atoms with Crippen LogP contribution in [0.3, 0.4) is 0 Å². The van der Waals surface area contributed by atoms with Crippen LogP contribution in [-0.2, 0) is 0 Å². The molecule has 0 spiro atoms. The highest BCUT2D eigenvalue weighted by Crippen LogP contribution is 2.26. The Morgan fingerprint density at radius 2 is 2.00 bits per heavy atom. The number of nitrogens with one attached hydrogen (secondary N) is 3. The Hall–Kier alpha value is -0.270. The first-order valence-corrected chi connectivity index (χ1v) is 7.19. The summed E-state index contributed by atoms with van der Waals surface area (Å²) >= 11 is 2.20. The molecule has 100 valence electrons. The molecule has 2 atom stereocenters. The summed E-state index contributed by atoms with van der Waals surface area (Å²) in [6.07, 6.45) is 6.51. The number of halogens is 2. The van der Waals surface area contributed by atoms with Gasteiger partial charge in [-0.3, -0.25) is 4.79 Å². The fraction of sp³-hybridized carbons (Fsp3) is 0.583. The molecular formula is C12H17ClIN3O. The lowest BCUT2D eigenvalue weighted by molar-refractivity contribution is 0.0919. The first-order chi connectivity index (χ1) is 8.20. The van der Waals surface area contributed by atoms with Gasteiger partial charge in [-0.25, -0.2) is 0 Å². The average Bonchev–Trinajstić information content (AvgIpc) is 2.85. The molecule has 3 heterocycles. The number of amides is 1. The van der Waals surface area contributed by atoms with Gasteiger partial charge in [0.15, 0.2) is 0 Å². The molecule has 3 N–H and O–H groups in total. The van der Waals surface area contributed by atoms with Gasteiger partial charge < -0.3 is 15.6 Å². The van der Waals surface area contributed by atoms with E-state index < -0.39 is 0 Å². The molecule has 2 unspecified atom stereocenters. The van der Waals surface area contributed by atoms with Gasteiger partial charge in [-0.2, -0.15) is 0 Å². The van der Waals surface area contributed by atoms with Crippen LogP contribution in [0.15, 0.2) is 12.3 Å². The number of carbonyl (C=O) groups excluding carboxylic acids is 1. The van der Waals surface area contributed by atoms with E-state index in [1.165, 1.54) is 12.8 Å². The first kappa shape index (κ1) is 14.1. The summed E-state index contributed by atoms with van der Waals surface area (Å²) in [5, 5.41) is 6.71. The molecule has 1 aromatic heterocycles. The number of hydrogen-bond acceptors (Lipinski definition) is 2. The van der Waals surface area contributed by atoms with Crippen molar-refractivity contribution in [2.75, 3.05) is 0 Å². The maximum atomic E-state index is 12.0. The van der Waals surface area contributed by atoms with Gasteiger partial charge in [-0.15, -0.1) is 12.4 Å². The number of rotatable bonds is 2. The maximum absolute atomic E-state index is 12.0. The highest BCUT2D eigenvalue weighted by atomic mass is 127. The van der Waals surface area contributed by atoms with Gasteiger partial charge in [0.2, 0.25) is 0 Å². The summed E-state index contributed by atoms with van der Waals surface area (Å²) in [5.41, 5.74) is 0.667. The summed E-state index contributed by atoms with van der Waals surface area (Å²) in [4.78, 5) is 15.0. The molecule has 2 bridgehead atoms. The summed E-state index contributed by atoms with van der Waals surface area (Å²) in [7, 11) is 0. The van der Waals surface area contributed by atoms with Crippen molar-refractivity contribution in [2.24, 2.45) is 0 Å². The molecule has 6 heteroatoms. The number of aromatic amines is 1. The monoisotopic (exact) mass is 381 g/mol. The number of hydrogen-bond donors (Lipinski definition) is 3. The molecule has 0 aliphatic carbocycles. The van der Waals surface area contributed by atoms with Crippen molar-refractivity contribution in [2.45, 2.75) is 43.8 Å². The second-order valence-corrected chi connectivity index (χ2v) is 6.26. The van der Waals surface area contributed by atoms with Gasteiger partial charge in [0.25, 0.3) is 5.91 Å². The van der Waals surface area contributed by atoms with Gasteiger partial charge in [0.1, 0.15) is 5.69 Å². The van der Waals surface area contributed by atoms with E-state index >= 15 is 0 Å². The summed E-state index contributed by atoms with van der Waals surface area (Å²) in [6.45, 7) is 0. The van der Waals surface area contributed by atoms with Crippen LogP contribution in [0.2, 0.25) is 0 Å². The predicted molar refractivity (Wildman–Crippen MR) is 81.2 cm³/mol. The second-order valence-electron chi connectivity index (χ2n) is 5.01. The van der Waals surface area contributed by atoms with Crippen LogP contribution in [0.5, 0.6) is 0 Å². The molecule has 0 aromatic carbocycles. The lowest BCUT2D eigenvalue weighted by atomic mass is 10.00. The van der Waals surface area contributed by atoms with Crippen molar-refractivity contribution in [3.05, 3.63) is 21.5 Å². The van der Waals surface area contributed by atoms with E-state index in [0.29, 0.717) is 23.8 Å². The van der Waals surface area contributed by atoms with Crippen LogP contribution in [0.25, 0.3) is 0 Å². The number of piperidine rings is 1. The van der Waals surface area contributed by atoms with Crippen molar-refractivity contribution in [1.29, 1.82) is 0 Å². The molecule has 0 saturated carbocycles. The van der Waals surface area contributed by atoms with Crippen LogP contribution in [-0.4, -0.2) is 29.0 Å². The molecule has 2 aliphatic rings. The average molecular weight is 382 g/mol. The Labute approximate surface area is 126 Å². The Morgan fingerprint density at radius 1 is 1.33 bits per heavy atom. The van der Waals surface area contributed by atoms with Gasteiger partial charge in [-0.05, 0) is 54.3 Å². The third-order valence-electron chi connectivity index (χ3n) is 3.70. The number of carbonyl (C=O) groups is 1. The minimum atomic E-state index is 0.